The molecule has 2 rings (SSSR count). The molecule has 112 valence electrons. The molecule has 2 aromatic rings. The van der Waals surface area contributed by atoms with E-state index >= 15 is 0 Å². The molecular weight excluding hydrogens is 335 g/mol. The van der Waals surface area contributed by atoms with Crippen molar-refractivity contribution in [3.8, 4) is 5.75 Å². The average Bonchev–Trinajstić information content (AvgIpc) is 2.43. The molecule has 0 aliphatic heterocycles. The first-order valence-electron chi connectivity index (χ1n) is 6.79. The molecule has 5 heteroatoms. The van der Waals surface area contributed by atoms with E-state index in [4.69, 9.17) is 4.74 Å². The van der Waals surface area contributed by atoms with Crippen LogP contribution in [0.1, 0.15) is 25.1 Å². The monoisotopic (exact) mass is 352 g/mol. The lowest BCUT2D eigenvalue weighted by molar-refractivity contribution is 0.304. The molecule has 0 amide bonds. The van der Waals surface area contributed by atoms with Crippen molar-refractivity contribution in [1.29, 1.82) is 0 Å². The van der Waals surface area contributed by atoms with E-state index in [2.05, 4.69) is 40.1 Å². The third-order valence-electron chi connectivity index (χ3n) is 2.82. The molecule has 0 aliphatic rings. The molecule has 1 aromatic heterocycles. The average molecular weight is 353 g/mol. The summed E-state index contributed by atoms with van der Waals surface area (Å²) in [5.74, 6) is 0.389. The number of hydrogen-bond acceptors (Lipinski definition) is 3. The first kappa shape index (κ1) is 15.9. The Hall–Kier alpha value is -1.46. The predicted octanol–water partition coefficient (Wildman–Crippen LogP) is 4.06. The molecule has 0 saturated carbocycles. The molecule has 1 aromatic carbocycles. The molecule has 1 heterocycles. The molecule has 0 atom stereocenters. The fraction of sp³-hybridized carbons (Fsp3) is 0.312. The summed E-state index contributed by atoms with van der Waals surface area (Å²) in [5, 5.41) is 3.30. The lowest BCUT2D eigenvalue weighted by Gasteiger charge is -2.09. The van der Waals surface area contributed by atoms with E-state index in [1.165, 1.54) is 12.1 Å². The van der Waals surface area contributed by atoms with E-state index in [1.54, 1.807) is 6.20 Å². The lowest BCUT2D eigenvalue weighted by atomic mass is 10.2. The van der Waals surface area contributed by atoms with Gasteiger partial charge in [-0.3, -0.25) is 4.98 Å². The Kier molecular flexibility index (Phi) is 5.70. The molecular formula is C16H18BrFN2O. The van der Waals surface area contributed by atoms with Crippen molar-refractivity contribution in [2.45, 2.75) is 33.0 Å². The molecule has 0 fully saturated rings. The highest BCUT2D eigenvalue weighted by molar-refractivity contribution is 9.10. The number of nitrogens with zero attached hydrogens (tertiary/aromatic N) is 1. The van der Waals surface area contributed by atoms with Crippen LogP contribution >= 0.6 is 15.9 Å². The van der Waals surface area contributed by atoms with Crippen LogP contribution in [0, 0.1) is 5.82 Å². The molecule has 3 nitrogen and oxygen atoms in total. The Bertz CT molecular complexity index is 567. The molecule has 0 saturated heterocycles. The Balaban J connectivity index is 1.91. The van der Waals surface area contributed by atoms with Crippen molar-refractivity contribution >= 4 is 15.9 Å². The Morgan fingerprint density at radius 1 is 1.29 bits per heavy atom. The minimum absolute atomic E-state index is 0.281. The van der Waals surface area contributed by atoms with Crippen molar-refractivity contribution in [1.82, 2.24) is 10.3 Å². The van der Waals surface area contributed by atoms with Gasteiger partial charge in [0.1, 0.15) is 18.2 Å². The van der Waals surface area contributed by atoms with Gasteiger partial charge in [-0.05, 0) is 35.9 Å². The van der Waals surface area contributed by atoms with Crippen LogP contribution in [0.3, 0.4) is 0 Å². The van der Waals surface area contributed by atoms with E-state index in [9.17, 15) is 4.39 Å². The minimum atomic E-state index is -0.281. The summed E-state index contributed by atoms with van der Waals surface area (Å²) >= 11 is 3.26. The van der Waals surface area contributed by atoms with Crippen molar-refractivity contribution in [2.24, 2.45) is 0 Å². The molecule has 1 N–H and O–H groups in total. The topological polar surface area (TPSA) is 34.1 Å². The van der Waals surface area contributed by atoms with Crippen LogP contribution < -0.4 is 10.1 Å². The molecule has 0 bridgehead atoms. The Labute approximate surface area is 132 Å². The highest BCUT2D eigenvalue weighted by atomic mass is 79.9. The number of hydrogen-bond donors (Lipinski definition) is 1. The zero-order chi connectivity index (χ0) is 15.2. The van der Waals surface area contributed by atoms with Gasteiger partial charge in [0.25, 0.3) is 0 Å². The van der Waals surface area contributed by atoms with Crippen LogP contribution in [0.25, 0.3) is 0 Å². The molecule has 0 unspecified atom stereocenters. The van der Waals surface area contributed by atoms with Gasteiger partial charge in [0, 0.05) is 17.1 Å². The maximum absolute atomic E-state index is 13.3. The number of pyridine rings is 1. The third-order valence-corrected chi connectivity index (χ3v) is 3.27. The van der Waals surface area contributed by atoms with Crippen molar-refractivity contribution < 1.29 is 9.13 Å². The molecule has 0 spiro atoms. The third kappa shape index (κ3) is 5.44. The summed E-state index contributed by atoms with van der Waals surface area (Å²) in [6.07, 6.45) is 1.69. The van der Waals surface area contributed by atoms with E-state index in [0.29, 0.717) is 22.9 Å². The quantitative estimate of drug-likeness (QED) is 0.851. The zero-order valence-corrected chi connectivity index (χ0v) is 13.7. The first-order chi connectivity index (χ1) is 10.0. The van der Waals surface area contributed by atoms with E-state index < -0.39 is 0 Å². The molecule has 21 heavy (non-hydrogen) atoms. The summed E-state index contributed by atoms with van der Waals surface area (Å²) in [5.41, 5.74) is 1.73. The highest BCUT2D eigenvalue weighted by Crippen LogP contribution is 2.17. The van der Waals surface area contributed by atoms with Gasteiger partial charge in [0.05, 0.1) is 11.9 Å². The van der Waals surface area contributed by atoms with Gasteiger partial charge < -0.3 is 10.1 Å². The summed E-state index contributed by atoms with van der Waals surface area (Å²) in [7, 11) is 0. The largest absolute Gasteiger partial charge is 0.487 e. The molecule has 0 radical (unpaired) electrons. The number of benzene rings is 1. The van der Waals surface area contributed by atoms with Crippen LogP contribution in [0.4, 0.5) is 4.39 Å². The summed E-state index contributed by atoms with van der Waals surface area (Å²) in [4.78, 5) is 4.33. The minimum Gasteiger partial charge on any atom is -0.487 e. The van der Waals surface area contributed by atoms with Crippen LogP contribution in [-0.4, -0.2) is 11.0 Å². The van der Waals surface area contributed by atoms with E-state index in [0.717, 1.165) is 17.8 Å². The van der Waals surface area contributed by atoms with Gasteiger partial charge >= 0.3 is 0 Å². The summed E-state index contributed by atoms with van der Waals surface area (Å²) < 4.78 is 19.6. The van der Waals surface area contributed by atoms with Gasteiger partial charge in [0.2, 0.25) is 0 Å². The van der Waals surface area contributed by atoms with Crippen molar-refractivity contribution in [3.63, 3.8) is 0 Å². The van der Waals surface area contributed by atoms with Crippen LogP contribution in [0.2, 0.25) is 0 Å². The van der Waals surface area contributed by atoms with Crippen LogP contribution in [-0.2, 0) is 13.2 Å². The Morgan fingerprint density at radius 2 is 2.10 bits per heavy atom. The van der Waals surface area contributed by atoms with E-state index in [1.807, 2.05) is 18.2 Å². The smallest absolute Gasteiger partial charge is 0.138 e. The highest BCUT2D eigenvalue weighted by Gasteiger charge is 2.02. The zero-order valence-electron chi connectivity index (χ0n) is 12.1. The first-order valence-corrected chi connectivity index (χ1v) is 7.58. The van der Waals surface area contributed by atoms with Gasteiger partial charge in [-0.1, -0.05) is 29.8 Å². The van der Waals surface area contributed by atoms with Gasteiger partial charge in [0.15, 0.2) is 0 Å². The molecule has 0 aliphatic carbocycles. The number of aromatic nitrogens is 1. The normalized spacial score (nSPS) is 10.9. The van der Waals surface area contributed by atoms with Gasteiger partial charge in [-0.2, -0.15) is 0 Å². The maximum atomic E-state index is 13.3. The van der Waals surface area contributed by atoms with E-state index in [-0.39, 0.29) is 5.82 Å². The second-order valence-electron chi connectivity index (χ2n) is 5.09. The number of halogens is 2. The maximum Gasteiger partial charge on any atom is 0.138 e. The standard InChI is InChI=1S/C16H18BrFN2O/c1-11(2)19-8-15-3-4-16(9-20-15)21-10-12-5-13(17)7-14(18)6-12/h3-7,9,11,19H,8,10H2,1-2H3. The number of rotatable bonds is 6. The summed E-state index contributed by atoms with van der Waals surface area (Å²) in [6, 6.07) is 8.93. The Morgan fingerprint density at radius 3 is 2.71 bits per heavy atom. The van der Waals surface area contributed by atoms with Crippen LogP contribution in [0.15, 0.2) is 41.0 Å². The van der Waals surface area contributed by atoms with Crippen LogP contribution in [0.5, 0.6) is 5.75 Å². The van der Waals surface area contributed by atoms with Gasteiger partial charge in [-0.25, -0.2) is 4.39 Å². The lowest BCUT2D eigenvalue weighted by Crippen LogP contribution is -2.22. The van der Waals surface area contributed by atoms with Gasteiger partial charge in [-0.15, -0.1) is 0 Å². The SMILES string of the molecule is CC(C)NCc1ccc(OCc2cc(F)cc(Br)c2)cn1. The fourth-order valence-electron chi connectivity index (χ4n) is 1.77. The summed E-state index contributed by atoms with van der Waals surface area (Å²) in [6.45, 7) is 5.22. The second-order valence-corrected chi connectivity index (χ2v) is 6.00. The number of nitrogens with one attached hydrogen (secondary N) is 1. The predicted molar refractivity (Wildman–Crippen MR) is 84.6 cm³/mol. The van der Waals surface area contributed by atoms with Crippen molar-refractivity contribution in [2.75, 3.05) is 0 Å². The fourth-order valence-corrected chi connectivity index (χ4v) is 2.28. The number of ether oxygens (including phenoxy) is 1. The van der Waals surface area contributed by atoms with Crippen molar-refractivity contribution in [3.05, 3.63) is 58.1 Å². The second kappa shape index (κ2) is 7.52.